The summed E-state index contributed by atoms with van der Waals surface area (Å²) in [6.45, 7) is 2.01. The third-order valence-corrected chi connectivity index (χ3v) is 1.60. The van der Waals surface area contributed by atoms with Crippen molar-refractivity contribution in [3.63, 3.8) is 0 Å². The molecule has 0 rings (SSSR count). The molecule has 4 heteroatoms. The van der Waals surface area contributed by atoms with Gasteiger partial charge in [0.2, 0.25) is 0 Å². The van der Waals surface area contributed by atoms with Gasteiger partial charge in [-0.3, -0.25) is 0 Å². The Balaban J connectivity index is 3.58. The lowest BCUT2D eigenvalue weighted by Crippen LogP contribution is -2.29. The summed E-state index contributed by atoms with van der Waals surface area (Å²) in [6, 6.07) is 0. The highest BCUT2D eigenvalue weighted by Crippen LogP contribution is 2.17. The van der Waals surface area contributed by atoms with Gasteiger partial charge in [-0.1, -0.05) is 6.92 Å². The van der Waals surface area contributed by atoms with Crippen LogP contribution in [-0.2, 0) is 0 Å². The smallest absolute Gasteiger partial charge is 0.0507 e. The normalized spacial score (nSPS) is 12.0. The topological polar surface area (TPSA) is 72.7 Å². The van der Waals surface area contributed by atoms with Gasteiger partial charge in [-0.25, -0.2) is 5.48 Å². The highest BCUT2D eigenvalue weighted by atomic mass is 16.5. The molecule has 0 atom stereocenters. The lowest BCUT2D eigenvalue weighted by molar-refractivity contribution is 0.0505. The summed E-state index contributed by atoms with van der Waals surface area (Å²) in [4.78, 5) is 0. The van der Waals surface area contributed by atoms with Crippen LogP contribution in [-0.4, -0.2) is 35.2 Å². The summed E-state index contributed by atoms with van der Waals surface area (Å²) in [5.41, 5.74) is 1.49. The van der Waals surface area contributed by atoms with E-state index < -0.39 is 5.41 Å². The molecular weight excluding hydrogens is 134 g/mol. The molecule has 0 aromatic rings. The summed E-state index contributed by atoms with van der Waals surface area (Å²) < 4.78 is 0. The van der Waals surface area contributed by atoms with E-state index in [1.54, 1.807) is 6.92 Å². The maximum absolute atomic E-state index is 8.74. The van der Waals surface area contributed by atoms with Crippen molar-refractivity contribution in [2.45, 2.75) is 13.3 Å². The fourth-order valence-corrected chi connectivity index (χ4v) is 0.566. The van der Waals surface area contributed by atoms with E-state index in [1.807, 2.05) is 5.48 Å². The molecule has 0 aliphatic carbocycles. The van der Waals surface area contributed by atoms with Crippen LogP contribution >= 0.6 is 0 Å². The number of aliphatic hydroxyl groups excluding tert-OH is 2. The Kier molecular flexibility index (Phi) is 4.55. The van der Waals surface area contributed by atoms with Gasteiger partial charge in [-0.15, -0.1) is 0 Å². The minimum Gasteiger partial charge on any atom is -0.396 e. The zero-order valence-electron chi connectivity index (χ0n) is 6.17. The number of nitrogens with one attached hydrogen (secondary N) is 1. The Hall–Kier alpha value is -0.160. The monoisotopic (exact) mass is 149 g/mol. The summed E-state index contributed by atoms with van der Waals surface area (Å²) in [5.74, 6) is 0. The van der Waals surface area contributed by atoms with E-state index >= 15 is 0 Å². The van der Waals surface area contributed by atoms with Crippen LogP contribution < -0.4 is 5.48 Å². The van der Waals surface area contributed by atoms with Gasteiger partial charge < -0.3 is 15.4 Å². The molecule has 0 aliphatic heterocycles. The predicted octanol–water partition coefficient (Wildman–Crippen LogP) is -0.654. The second kappa shape index (κ2) is 4.62. The molecule has 0 aliphatic rings. The Morgan fingerprint density at radius 3 is 2.10 bits per heavy atom. The van der Waals surface area contributed by atoms with Gasteiger partial charge in [0.05, 0.1) is 13.2 Å². The zero-order valence-corrected chi connectivity index (χ0v) is 6.17. The molecule has 0 amide bonds. The summed E-state index contributed by atoms with van der Waals surface area (Å²) in [7, 11) is 0. The number of aliphatic hydroxyl groups is 2. The third-order valence-electron chi connectivity index (χ3n) is 1.60. The number of hydroxylamine groups is 1. The van der Waals surface area contributed by atoms with Gasteiger partial charge in [0.1, 0.15) is 0 Å². The Morgan fingerprint density at radius 1 is 1.30 bits per heavy atom. The molecule has 0 saturated carbocycles. The van der Waals surface area contributed by atoms with Crippen molar-refractivity contribution in [3.8, 4) is 0 Å². The molecule has 62 valence electrons. The molecule has 0 aromatic carbocycles. The van der Waals surface area contributed by atoms with E-state index in [0.717, 1.165) is 0 Å². The van der Waals surface area contributed by atoms with Crippen molar-refractivity contribution in [1.29, 1.82) is 0 Å². The second-order valence-electron chi connectivity index (χ2n) is 2.79. The maximum Gasteiger partial charge on any atom is 0.0507 e. The van der Waals surface area contributed by atoms with Crippen LogP contribution in [0.5, 0.6) is 0 Å². The predicted molar refractivity (Wildman–Crippen MR) is 36.7 cm³/mol. The quantitative estimate of drug-likeness (QED) is 0.392. The van der Waals surface area contributed by atoms with Crippen molar-refractivity contribution < 1.29 is 15.4 Å². The van der Waals surface area contributed by atoms with Gasteiger partial charge in [0.25, 0.3) is 0 Å². The third kappa shape index (κ3) is 3.12. The first-order valence-electron chi connectivity index (χ1n) is 3.27. The van der Waals surface area contributed by atoms with Gasteiger partial charge >= 0.3 is 0 Å². The summed E-state index contributed by atoms with van der Waals surface area (Å²) >= 11 is 0. The molecule has 0 radical (unpaired) electrons. The van der Waals surface area contributed by atoms with Crippen molar-refractivity contribution >= 4 is 0 Å². The average molecular weight is 149 g/mol. The van der Waals surface area contributed by atoms with Crippen molar-refractivity contribution in [1.82, 2.24) is 5.48 Å². The molecule has 0 aromatic heterocycles. The van der Waals surface area contributed by atoms with Crippen LogP contribution in [0.1, 0.15) is 13.3 Å². The highest BCUT2D eigenvalue weighted by molar-refractivity contribution is 4.71. The Morgan fingerprint density at radius 2 is 1.80 bits per heavy atom. The van der Waals surface area contributed by atoms with E-state index in [-0.39, 0.29) is 13.2 Å². The van der Waals surface area contributed by atoms with E-state index in [1.165, 1.54) is 0 Å². The molecule has 0 unspecified atom stereocenters. The molecule has 0 heterocycles. The van der Waals surface area contributed by atoms with Gasteiger partial charge in [0.15, 0.2) is 0 Å². The van der Waals surface area contributed by atoms with Crippen LogP contribution in [0.2, 0.25) is 0 Å². The lowest BCUT2D eigenvalue weighted by Gasteiger charge is -2.23. The van der Waals surface area contributed by atoms with Crippen molar-refractivity contribution in [3.05, 3.63) is 0 Å². The van der Waals surface area contributed by atoms with Gasteiger partial charge in [-0.2, -0.15) is 0 Å². The molecule has 0 bridgehead atoms. The van der Waals surface area contributed by atoms with E-state index in [2.05, 4.69) is 0 Å². The first-order valence-corrected chi connectivity index (χ1v) is 3.27. The minimum absolute atomic E-state index is 0.0643. The molecule has 0 fully saturated rings. The van der Waals surface area contributed by atoms with Crippen LogP contribution in [0.15, 0.2) is 0 Å². The first-order chi connectivity index (χ1) is 4.68. The van der Waals surface area contributed by atoms with Crippen molar-refractivity contribution in [2.75, 3.05) is 19.8 Å². The SMILES string of the molecule is CC(CO)(CO)CCNO. The zero-order chi connectivity index (χ0) is 8.04. The molecule has 4 N–H and O–H groups in total. The van der Waals surface area contributed by atoms with Crippen LogP contribution in [0.25, 0.3) is 0 Å². The first kappa shape index (κ1) is 9.84. The molecular formula is C6H15NO3. The summed E-state index contributed by atoms with van der Waals surface area (Å²) in [6.07, 6.45) is 0.552. The standard InChI is InChI=1S/C6H15NO3/c1-6(4-8,5-9)2-3-7-10/h7-10H,2-5H2,1H3. The fraction of sp³-hybridized carbons (Fsp3) is 1.00. The second-order valence-corrected chi connectivity index (χ2v) is 2.79. The molecule has 0 saturated heterocycles. The fourth-order valence-electron chi connectivity index (χ4n) is 0.566. The van der Waals surface area contributed by atoms with E-state index in [9.17, 15) is 0 Å². The van der Waals surface area contributed by atoms with E-state index in [4.69, 9.17) is 15.4 Å². The largest absolute Gasteiger partial charge is 0.396 e. The number of hydrogen-bond acceptors (Lipinski definition) is 4. The Labute approximate surface area is 60.5 Å². The van der Waals surface area contributed by atoms with E-state index in [0.29, 0.717) is 13.0 Å². The number of hydrogen-bond donors (Lipinski definition) is 4. The molecule has 0 spiro atoms. The van der Waals surface area contributed by atoms with Gasteiger partial charge in [0, 0.05) is 12.0 Å². The average Bonchev–Trinajstić information content (AvgIpc) is 2.00. The number of rotatable bonds is 5. The maximum atomic E-state index is 8.74. The van der Waals surface area contributed by atoms with Crippen LogP contribution in [0, 0.1) is 5.41 Å². The lowest BCUT2D eigenvalue weighted by atomic mass is 9.89. The minimum atomic E-state index is -0.476. The molecule has 4 nitrogen and oxygen atoms in total. The summed E-state index contributed by atoms with van der Waals surface area (Å²) in [5, 5.41) is 25.7. The highest BCUT2D eigenvalue weighted by Gasteiger charge is 2.21. The van der Waals surface area contributed by atoms with Gasteiger partial charge in [-0.05, 0) is 6.42 Å². The molecule has 10 heavy (non-hydrogen) atoms. The van der Waals surface area contributed by atoms with Crippen LogP contribution in [0.4, 0.5) is 0 Å². The Bertz CT molecular complexity index is 83.1. The van der Waals surface area contributed by atoms with Crippen LogP contribution in [0.3, 0.4) is 0 Å². The van der Waals surface area contributed by atoms with Crippen molar-refractivity contribution in [2.24, 2.45) is 5.41 Å².